The number of carbonyl (C=O) groups is 4. The summed E-state index contributed by atoms with van der Waals surface area (Å²) in [5, 5.41) is 15.9. The molecule has 0 spiro atoms. The van der Waals surface area contributed by atoms with Crippen molar-refractivity contribution in [2.24, 2.45) is 10.6 Å². The molecule has 2 atom stereocenters. The highest BCUT2D eigenvalue weighted by Crippen LogP contribution is 2.45. The summed E-state index contributed by atoms with van der Waals surface area (Å²) in [5.41, 5.74) is 3.72. The molecule has 0 aliphatic carbocycles. The predicted molar refractivity (Wildman–Crippen MR) is 141 cm³/mol. The van der Waals surface area contributed by atoms with Crippen molar-refractivity contribution in [3.63, 3.8) is 0 Å². The molecule has 0 aromatic carbocycles. The third kappa shape index (κ3) is 6.49. The van der Waals surface area contributed by atoms with Gasteiger partial charge in [0.2, 0.25) is 12.4 Å². The van der Waals surface area contributed by atoms with Crippen LogP contribution in [0.25, 0.3) is 0 Å². The molecule has 14 nitrogen and oxygen atoms in total. The number of fused-ring (bicyclic) bond motifs is 1. The number of anilines is 1. The van der Waals surface area contributed by atoms with Crippen LogP contribution < -0.4 is 11.1 Å². The average Bonchev–Trinajstić information content (AvgIpc) is 3.32. The molecule has 2 amide bonds. The van der Waals surface area contributed by atoms with Crippen LogP contribution in [0.5, 0.6) is 0 Å². The zero-order valence-corrected chi connectivity index (χ0v) is 23.7. The molecule has 2 saturated heterocycles. The number of nitrogens with one attached hydrogen (secondary N) is 1. The molecule has 3 aliphatic heterocycles. The molecule has 0 bridgehead atoms. The van der Waals surface area contributed by atoms with Gasteiger partial charge in [-0.15, -0.1) is 23.1 Å². The number of oxime groups is 1. The minimum absolute atomic E-state index is 0.0489. The number of amides is 2. The molecular formula is C22H27N5O9S3. The third-order valence-corrected chi connectivity index (χ3v) is 8.74. The van der Waals surface area contributed by atoms with Crippen molar-refractivity contribution in [1.82, 2.24) is 15.2 Å². The second-order valence-electron chi connectivity index (χ2n) is 9.39. The maximum atomic E-state index is 13.2. The van der Waals surface area contributed by atoms with E-state index in [2.05, 4.69) is 15.5 Å². The van der Waals surface area contributed by atoms with E-state index >= 15 is 0 Å². The predicted octanol–water partition coefficient (Wildman–Crippen LogP) is 1.06. The average molecular weight is 602 g/mol. The van der Waals surface area contributed by atoms with Crippen molar-refractivity contribution in [3.8, 4) is 0 Å². The summed E-state index contributed by atoms with van der Waals surface area (Å²) >= 11 is 3.50. The molecule has 0 radical (unpaired) electrons. The number of hydrogen-bond donors (Lipinski definition) is 3. The van der Waals surface area contributed by atoms with E-state index in [1.54, 1.807) is 20.8 Å². The SMILES string of the molecule is CC(C)(C)C(=O)OCOC(=O)C1=C(SC2OCCCO2)CS[C@H]2C(NC(=O)/C(=N\O)c3csc(N)n3)C(=O)N12. The van der Waals surface area contributed by atoms with Crippen molar-refractivity contribution in [1.29, 1.82) is 0 Å². The van der Waals surface area contributed by atoms with Crippen LogP contribution in [-0.2, 0) is 38.1 Å². The first-order chi connectivity index (χ1) is 18.5. The Morgan fingerprint density at radius 2 is 2.03 bits per heavy atom. The Balaban J connectivity index is 1.49. The van der Waals surface area contributed by atoms with E-state index < -0.39 is 58.7 Å². The highest BCUT2D eigenvalue weighted by atomic mass is 32.2. The Morgan fingerprint density at radius 1 is 1.31 bits per heavy atom. The van der Waals surface area contributed by atoms with Gasteiger partial charge in [-0.25, -0.2) is 9.78 Å². The number of β-lactam (4-membered cyclic amide) rings is 1. The maximum absolute atomic E-state index is 13.2. The van der Waals surface area contributed by atoms with Crippen molar-refractivity contribution in [3.05, 3.63) is 21.7 Å². The first-order valence-corrected chi connectivity index (χ1v) is 14.5. The molecule has 1 aromatic heterocycles. The first-order valence-electron chi connectivity index (χ1n) is 11.7. The number of thioether (sulfide) groups is 2. The van der Waals surface area contributed by atoms with Gasteiger partial charge < -0.3 is 35.2 Å². The van der Waals surface area contributed by atoms with E-state index in [4.69, 9.17) is 24.7 Å². The summed E-state index contributed by atoms with van der Waals surface area (Å²) in [6.07, 6.45) is 0.736. The molecule has 4 rings (SSSR count). The molecule has 1 aromatic rings. The largest absolute Gasteiger partial charge is 0.427 e. The number of hydrogen-bond acceptors (Lipinski definition) is 15. The van der Waals surface area contributed by atoms with Crippen LogP contribution in [0.4, 0.5) is 5.13 Å². The molecular weight excluding hydrogens is 574 g/mol. The topological polar surface area (TPSA) is 192 Å². The van der Waals surface area contributed by atoms with Crippen molar-refractivity contribution in [2.75, 3.05) is 31.5 Å². The number of thiazole rings is 1. The van der Waals surface area contributed by atoms with E-state index in [0.717, 1.165) is 29.5 Å². The molecule has 0 saturated carbocycles. The Labute approximate surface area is 235 Å². The molecule has 212 valence electrons. The Morgan fingerprint density at radius 3 is 2.64 bits per heavy atom. The van der Waals surface area contributed by atoms with Crippen LogP contribution >= 0.6 is 34.9 Å². The highest BCUT2D eigenvalue weighted by Gasteiger charge is 2.55. The lowest BCUT2D eigenvalue weighted by Gasteiger charge is -2.49. The number of aromatic nitrogens is 1. The van der Waals surface area contributed by atoms with Crippen LogP contribution in [0.15, 0.2) is 21.1 Å². The summed E-state index contributed by atoms with van der Waals surface area (Å²) in [4.78, 5) is 56.8. The zero-order valence-electron chi connectivity index (χ0n) is 21.2. The lowest BCUT2D eigenvalue weighted by molar-refractivity contribution is -0.173. The second-order valence-corrected chi connectivity index (χ2v) is 12.5. The normalized spacial score (nSPS) is 22.2. The molecule has 4 heterocycles. The number of rotatable bonds is 8. The summed E-state index contributed by atoms with van der Waals surface area (Å²) in [5.74, 6) is -2.59. The molecule has 4 N–H and O–H groups in total. The van der Waals surface area contributed by atoms with Crippen molar-refractivity contribution < 1.29 is 43.3 Å². The van der Waals surface area contributed by atoms with E-state index in [9.17, 15) is 24.4 Å². The number of carbonyl (C=O) groups excluding carboxylic acids is 4. The van der Waals surface area contributed by atoms with Crippen LogP contribution in [0, 0.1) is 5.41 Å². The number of esters is 2. The van der Waals surface area contributed by atoms with Crippen LogP contribution in [0.2, 0.25) is 0 Å². The van der Waals surface area contributed by atoms with E-state index in [-0.39, 0.29) is 22.3 Å². The van der Waals surface area contributed by atoms with E-state index in [1.165, 1.54) is 22.0 Å². The Bertz CT molecular complexity index is 1210. The van der Waals surface area contributed by atoms with Gasteiger partial charge in [0, 0.05) is 16.0 Å². The van der Waals surface area contributed by atoms with Crippen LogP contribution in [0.1, 0.15) is 32.9 Å². The van der Waals surface area contributed by atoms with Crippen molar-refractivity contribution >= 4 is 69.5 Å². The van der Waals surface area contributed by atoms with E-state index in [0.29, 0.717) is 18.1 Å². The molecule has 2 fully saturated rings. The molecule has 39 heavy (non-hydrogen) atoms. The summed E-state index contributed by atoms with van der Waals surface area (Å²) in [7, 11) is 0. The van der Waals surface area contributed by atoms with Crippen LogP contribution in [-0.4, -0.2) is 87.4 Å². The lowest BCUT2D eigenvalue weighted by atomic mass is 9.98. The highest BCUT2D eigenvalue weighted by molar-refractivity contribution is 8.06. The Hall–Kier alpha value is -2.86. The summed E-state index contributed by atoms with van der Waals surface area (Å²) < 4.78 is 21.4. The standard InChI is InChI=1S/C22H27N5O9S3/c1-22(2,3)19(31)36-9-35-18(30)14-11(39-21-33-5-4-6-34-21)8-37-17-13(16(29)27(14)17)25-15(28)12(26-32)10-7-38-20(23)24-10/h7,13,17,21,32H,4-6,8-9H2,1-3H3,(H2,23,24)(H,25,28)/b26-12-/t13?,17-/m0/s1. The van der Waals surface area contributed by atoms with Gasteiger partial charge in [0.1, 0.15) is 22.8 Å². The first kappa shape index (κ1) is 29.1. The van der Waals surface area contributed by atoms with Gasteiger partial charge in [-0.3, -0.25) is 19.3 Å². The van der Waals surface area contributed by atoms with Crippen LogP contribution in [0.3, 0.4) is 0 Å². The fraction of sp³-hybridized carbons (Fsp3) is 0.545. The maximum Gasteiger partial charge on any atom is 0.358 e. The van der Waals surface area contributed by atoms with Gasteiger partial charge in [-0.1, -0.05) is 16.9 Å². The van der Waals surface area contributed by atoms with Gasteiger partial charge in [0.25, 0.3) is 11.8 Å². The lowest BCUT2D eigenvalue weighted by Crippen LogP contribution is -2.71. The second kappa shape index (κ2) is 12.1. The fourth-order valence-electron chi connectivity index (χ4n) is 3.56. The van der Waals surface area contributed by atoms with E-state index in [1.807, 2.05) is 0 Å². The quantitative estimate of drug-likeness (QED) is 0.0958. The number of nitrogens with two attached hydrogens (primary N) is 1. The van der Waals surface area contributed by atoms with Gasteiger partial charge >= 0.3 is 11.9 Å². The van der Waals surface area contributed by atoms with Gasteiger partial charge in [-0.05, 0) is 27.2 Å². The van der Waals surface area contributed by atoms with Gasteiger partial charge in [0.15, 0.2) is 10.8 Å². The number of nitrogen functional groups attached to an aromatic ring is 1. The molecule has 1 unspecified atom stereocenters. The van der Waals surface area contributed by atoms with Gasteiger partial charge in [0.05, 0.1) is 18.6 Å². The summed E-state index contributed by atoms with van der Waals surface area (Å²) in [6, 6.07) is -1.02. The third-order valence-electron chi connectivity index (χ3n) is 5.52. The Kier molecular flexibility index (Phi) is 9.05. The minimum Gasteiger partial charge on any atom is -0.427 e. The smallest absolute Gasteiger partial charge is 0.358 e. The monoisotopic (exact) mass is 601 g/mol. The molecule has 17 heteroatoms. The zero-order chi connectivity index (χ0) is 28.3. The number of ether oxygens (including phenoxy) is 4. The van der Waals surface area contributed by atoms with Crippen molar-refractivity contribution in [2.45, 2.75) is 44.2 Å². The molecule has 3 aliphatic rings. The van der Waals surface area contributed by atoms with Gasteiger partial charge in [-0.2, -0.15) is 0 Å². The minimum atomic E-state index is -1.02. The number of nitrogens with zero attached hydrogens (tertiary/aromatic N) is 3. The summed E-state index contributed by atoms with van der Waals surface area (Å²) in [6.45, 7) is 5.31. The fourth-order valence-corrected chi connectivity index (χ4v) is 6.63.